The Labute approximate surface area is 136 Å². The van der Waals surface area contributed by atoms with Gasteiger partial charge in [-0.3, -0.25) is 0 Å². The highest BCUT2D eigenvalue weighted by atomic mass is 16.6. The molecule has 0 bridgehead atoms. The van der Waals surface area contributed by atoms with Crippen LogP contribution >= 0.6 is 0 Å². The molecular formula is C18H23NO4. The minimum absolute atomic E-state index is 0.109. The molecule has 1 aliphatic carbocycles. The van der Waals surface area contributed by atoms with Crippen molar-refractivity contribution in [2.45, 2.75) is 38.3 Å². The molecule has 1 aliphatic rings. The molecule has 0 unspecified atom stereocenters. The maximum atomic E-state index is 12.1. The SMILES string of the molecule is COC(=O)[C@@]1(NC(=O)OC(C)(C)C)C[C@H]1/C=C/c1ccccc1. The van der Waals surface area contributed by atoms with Crippen molar-refractivity contribution in [2.24, 2.45) is 5.92 Å². The molecule has 0 aliphatic heterocycles. The van der Waals surface area contributed by atoms with Crippen molar-refractivity contribution in [2.75, 3.05) is 7.11 Å². The largest absolute Gasteiger partial charge is 0.467 e. The first kappa shape index (κ1) is 17.1. The van der Waals surface area contributed by atoms with Gasteiger partial charge in [0.25, 0.3) is 0 Å². The molecular weight excluding hydrogens is 294 g/mol. The second-order valence-electron chi connectivity index (χ2n) is 6.67. The Bertz CT molecular complexity index is 603. The number of hydrogen-bond donors (Lipinski definition) is 1. The summed E-state index contributed by atoms with van der Waals surface area (Å²) in [7, 11) is 1.32. The van der Waals surface area contributed by atoms with Gasteiger partial charge in [0.05, 0.1) is 7.11 Å². The Kier molecular flexibility index (Phi) is 4.78. The van der Waals surface area contributed by atoms with Crippen molar-refractivity contribution in [3.8, 4) is 0 Å². The highest BCUT2D eigenvalue weighted by molar-refractivity contribution is 5.90. The number of nitrogens with one attached hydrogen (secondary N) is 1. The van der Waals surface area contributed by atoms with Crippen LogP contribution in [-0.2, 0) is 14.3 Å². The van der Waals surface area contributed by atoms with Gasteiger partial charge in [0.15, 0.2) is 0 Å². The van der Waals surface area contributed by atoms with Crippen LogP contribution in [0.1, 0.15) is 32.8 Å². The van der Waals surface area contributed by atoms with E-state index in [4.69, 9.17) is 9.47 Å². The van der Waals surface area contributed by atoms with Crippen molar-refractivity contribution >= 4 is 18.1 Å². The second-order valence-corrected chi connectivity index (χ2v) is 6.67. The monoisotopic (exact) mass is 317 g/mol. The molecule has 5 nitrogen and oxygen atoms in total. The molecule has 1 aromatic carbocycles. The molecule has 0 radical (unpaired) electrons. The third-order valence-electron chi connectivity index (χ3n) is 3.61. The lowest BCUT2D eigenvalue weighted by atomic mass is 10.1. The molecule has 124 valence electrons. The van der Waals surface area contributed by atoms with Gasteiger partial charge >= 0.3 is 12.1 Å². The fraction of sp³-hybridized carbons (Fsp3) is 0.444. The maximum absolute atomic E-state index is 12.1. The van der Waals surface area contributed by atoms with E-state index in [1.165, 1.54) is 7.11 Å². The quantitative estimate of drug-likeness (QED) is 0.866. The summed E-state index contributed by atoms with van der Waals surface area (Å²) in [4.78, 5) is 24.1. The van der Waals surface area contributed by atoms with Crippen molar-refractivity contribution < 1.29 is 19.1 Å². The molecule has 1 N–H and O–H groups in total. The van der Waals surface area contributed by atoms with E-state index in [0.717, 1.165) is 5.56 Å². The van der Waals surface area contributed by atoms with E-state index in [0.29, 0.717) is 6.42 Å². The van der Waals surface area contributed by atoms with Gasteiger partial charge in [-0.2, -0.15) is 0 Å². The summed E-state index contributed by atoms with van der Waals surface area (Å²) in [6.07, 6.45) is 3.75. The van der Waals surface area contributed by atoms with Crippen LogP contribution in [-0.4, -0.2) is 30.3 Å². The molecule has 23 heavy (non-hydrogen) atoms. The van der Waals surface area contributed by atoms with Crippen molar-refractivity contribution in [1.82, 2.24) is 5.32 Å². The summed E-state index contributed by atoms with van der Waals surface area (Å²) >= 11 is 0. The molecule has 1 aromatic rings. The van der Waals surface area contributed by atoms with Crippen LogP contribution in [0, 0.1) is 5.92 Å². The number of alkyl carbamates (subject to hydrolysis) is 1. The smallest absolute Gasteiger partial charge is 0.408 e. The predicted octanol–water partition coefficient (Wildman–Crippen LogP) is 3.16. The van der Waals surface area contributed by atoms with E-state index < -0.39 is 23.2 Å². The first-order valence-corrected chi connectivity index (χ1v) is 7.60. The normalized spacial score (nSPS) is 23.4. The lowest BCUT2D eigenvalue weighted by Crippen LogP contribution is -2.47. The van der Waals surface area contributed by atoms with Crippen LogP contribution < -0.4 is 5.32 Å². The minimum Gasteiger partial charge on any atom is -0.467 e. The van der Waals surface area contributed by atoms with Crippen molar-refractivity contribution in [1.29, 1.82) is 0 Å². The molecule has 1 amide bonds. The molecule has 0 heterocycles. The maximum Gasteiger partial charge on any atom is 0.408 e. The highest BCUT2D eigenvalue weighted by Crippen LogP contribution is 2.46. The summed E-state index contributed by atoms with van der Waals surface area (Å²) in [6.45, 7) is 5.32. The lowest BCUT2D eigenvalue weighted by molar-refractivity contribution is -0.144. The second kappa shape index (κ2) is 6.44. The van der Waals surface area contributed by atoms with E-state index in [1.54, 1.807) is 20.8 Å². The van der Waals surface area contributed by atoms with E-state index >= 15 is 0 Å². The first-order chi connectivity index (χ1) is 10.8. The Hall–Kier alpha value is -2.30. The summed E-state index contributed by atoms with van der Waals surface area (Å²) in [6, 6.07) is 9.77. The minimum atomic E-state index is -1.03. The number of amides is 1. The van der Waals surface area contributed by atoms with E-state index in [9.17, 15) is 9.59 Å². The molecule has 0 saturated heterocycles. The molecule has 0 spiro atoms. The third-order valence-corrected chi connectivity index (χ3v) is 3.61. The van der Waals surface area contributed by atoms with Crippen LogP contribution in [0.15, 0.2) is 36.4 Å². The Morgan fingerprint density at radius 1 is 1.26 bits per heavy atom. The molecule has 1 fully saturated rings. The standard InChI is InChI=1S/C18H23NO4/c1-17(2,3)23-16(21)19-18(15(20)22-4)12-14(18)11-10-13-8-6-5-7-9-13/h5-11,14H,12H2,1-4H3,(H,19,21)/b11-10+/t14-,18-/m1/s1. The third kappa shape index (κ3) is 4.34. The van der Waals surface area contributed by atoms with Crippen LogP contribution in [0.2, 0.25) is 0 Å². The summed E-state index contributed by atoms with van der Waals surface area (Å²) < 4.78 is 10.1. The fourth-order valence-corrected chi connectivity index (χ4v) is 2.41. The number of methoxy groups -OCH3 is 1. The van der Waals surface area contributed by atoms with Crippen LogP contribution in [0.3, 0.4) is 0 Å². The van der Waals surface area contributed by atoms with Crippen LogP contribution in [0.4, 0.5) is 4.79 Å². The lowest BCUT2D eigenvalue weighted by Gasteiger charge is -2.22. The van der Waals surface area contributed by atoms with Gasteiger partial charge in [0.1, 0.15) is 11.1 Å². The average Bonchev–Trinajstić information content (AvgIpc) is 3.17. The zero-order valence-corrected chi connectivity index (χ0v) is 14.0. The Morgan fingerprint density at radius 3 is 2.48 bits per heavy atom. The predicted molar refractivity (Wildman–Crippen MR) is 87.7 cm³/mol. The van der Waals surface area contributed by atoms with Gasteiger partial charge in [-0.15, -0.1) is 0 Å². The number of rotatable bonds is 4. The van der Waals surface area contributed by atoms with Gasteiger partial charge in [0, 0.05) is 5.92 Å². The molecule has 1 saturated carbocycles. The van der Waals surface area contributed by atoms with Gasteiger partial charge in [-0.25, -0.2) is 9.59 Å². The topological polar surface area (TPSA) is 64.6 Å². The van der Waals surface area contributed by atoms with Crippen LogP contribution in [0.25, 0.3) is 6.08 Å². The van der Waals surface area contributed by atoms with Crippen molar-refractivity contribution in [3.05, 3.63) is 42.0 Å². The van der Waals surface area contributed by atoms with Gasteiger partial charge in [-0.1, -0.05) is 42.5 Å². The Balaban J connectivity index is 2.07. The van der Waals surface area contributed by atoms with E-state index in [1.807, 2.05) is 42.5 Å². The number of esters is 1. The fourth-order valence-electron chi connectivity index (χ4n) is 2.41. The van der Waals surface area contributed by atoms with Gasteiger partial charge in [0.2, 0.25) is 0 Å². The number of hydrogen-bond acceptors (Lipinski definition) is 4. The molecule has 5 heteroatoms. The summed E-state index contributed by atoms with van der Waals surface area (Å²) in [5, 5.41) is 2.67. The van der Waals surface area contributed by atoms with E-state index in [-0.39, 0.29) is 5.92 Å². The van der Waals surface area contributed by atoms with Crippen LogP contribution in [0.5, 0.6) is 0 Å². The molecule has 2 atom stereocenters. The van der Waals surface area contributed by atoms with Crippen molar-refractivity contribution in [3.63, 3.8) is 0 Å². The summed E-state index contributed by atoms with van der Waals surface area (Å²) in [5.74, 6) is -0.561. The molecule has 2 rings (SSSR count). The van der Waals surface area contributed by atoms with Gasteiger partial charge in [-0.05, 0) is 32.8 Å². The van der Waals surface area contributed by atoms with Gasteiger partial charge < -0.3 is 14.8 Å². The number of carbonyl (C=O) groups is 2. The highest BCUT2D eigenvalue weighted by Gasteiger charge is 2.61. The first-order valence-electron chi connectivity index (χ1n) is 7.60. The zero-order valence-electron chi connectivity index (χ0n) is 14.0. The number of ether oxygens (including phenoxy) is 2. The molecule has 0 aromatic heterocycles. The number of carbonyl (C=O) groups excluding carboxylic acids is 2. The van der Waals surface area contributed by atoms with E-state index in [2.05, 4.69) is 5.32 Å². The summed E-state index contributed by atoms with van der Waals surface area (Å²) in [5.41, 5.74) is -0.607. The zero-order chi connectivity index (χ0) is 17.1. The average molecular weight is 317 g/mol. The Morgan fingerprint density at radius 2 is 1.91 bits per heavy atom. The number of benzene rings is 1.